The molecule has 3 rings (SSSR count). The summed E-state index contributed by atoms with van der Waals surface area (Å²) >= 11 is 0. The summed E-state index contributed by atoms with van der Waals surface area (Å²) in [4.78, 5) is 37.6. The number of rotatable bonds is 9. The molecule has 0 spiro atoms. The smallest absolute Gasteiger partial charge is 0.340 e. The molecule has 0 bridgehead atoms. The minimum Gasteiger partial charge on any atom is -0.493 e. The highest BCUT2D eigenvalue weighted by Gasteiger charge is 2.22. The summed E-state index contributed by atoms with van der Waals surface area (Å²) in [6.45, 7) is 1.56. The largest absolute Gasteiger partial charge is 0.493 e. The van der Waals surface area contributed by atoms with Gasteiger partial charge >= 0.3 is 5.97 Å². The number of methoxy groups -OCH3 is 2. The van der Waals surface area contributed by atoms with Gasteiger partial charge in [-0.3, -0.25) is 9.59 Å². The third-order valence-electron chi connectivity index (χ3n) is 4.76. The number of amides is 1. The van der Waals surface area contributed by atoms with Crippen LogP contribution in [0.4, 0.5) is 5.69 Å². The summed E-state index contributed by atoms with van der Waals surface area (Å²) in [6, 6.07) is 13.0. The maximum absolute atomic E-state index is 12.8. The van der Waals surface area contributed by atoms with Crippen LogP contribution in [0.25, 0.3) is 0 Å². The zero-order valence-corrected chi connectivity index (χ0v) is 18.0. The molecule has 0 radical (unpaired) electrons. The zero-order chi connectivity index (χ0) is 23.1. The van der Waals surface area contributed by atoms with Crippen LogP contribution in [0.15, 0.2) is 59.2 Å². The molecular formula is C24H23NO7. The van der Waals surface area contributed by atoms with Crippen LogP contribution in [0.2, 0.25) is 0 Å². The third-order valence-corrected chi connectivity index (χ3v) is 4.76. The number of furan rings is 1. The minimum atomic E-state index is -0.806. The number of aryl methyl sites for hydroxylation is 1. The second-order valence-electron chi connectivity index (χ2n) is 6.73. The van der Waals surface area contributed by atoms with Gasteiger partial charge in [0.25, 0.3) is 5.91 Å². The summed E-state index contributed by atoms with van der Waals surface area (Å²) in [5, 5.41) is 2.60. The van der Waals surface area contributed by atoms with Gasteiger partial charge in [0.05, 0.1) is 31.7 Å². The van der Waals surface area contributed by atoms with E-state index >= 15 is 0 Å². The molecule has 1 heterocycles. The number of nitrogens with one attached hydrogen (secondary N) is 1. The Balaban J connectivity index is 1.81. The molecule has 1 aromatic heterocycles. The molecule has 8 nitrogen and oxygen atoms in total. The Kier molecular flexibility index (Phi) is 7.28. The van der Waals surface area contributed by atoms with Gasteiger partial charge in [-0.1, -0.05) is 31.2 Å². The molecule has 0 fully saturated rings. The number of ketones is 1. The van der Waals surface area contributed by atoms with E-state index in [4.69, 9.17) is 18.6 Å². The van der Waals surface area contributed by atoms with E-state index in [1.54, 1.807) is 18.2 Å². The van der Waals surface area contributed by atoms with Gasteiger partial charge in [-0.15, -0.1) is 0 Å². The molecule has 2 aromatic carbocycles. The van der Waals surface area contributed by atoms with Crippen LogP contribution in [0.3, 0.4) is 0 Å². The molecule has 1 amide bonds. The normalized spacial score (nSPS) is 10.3. The summed E-state index contributed by atoms with van der Waals surface area (Å²) in [7, 11) is 2.84. The Morgan fingerprint density at radius 1 is 0.969 bits per heavy atom. The number of ether oxygens (including phenoxy) is 3. The second-order valence-corrected chi connectivity index (χ2v) is 6.73. The molecule has 0 aliphatic carbocycles. The van der Waals surface area contributed by atoms with E-state index < -0.39 is 18.5 Å². The monoisotopic (exact) mass is 437 g/mol. The fourth-order valence-corrected chi connectivity index (χ4v) is 2.96. The predicted molar refractivity (Wildman–Crippen MR) is 117 cm³/mol. The Bertz CT molecular complexity index is 1100. The molecule has 3 aromatic rings. The lowest BCUT2D eigenvalue weighted by molar-refractivity contribution is 0.0475. The molecule has 0 aliphatic heterocycles. The van der Waals surface area contributed by atoms with Crippen LogP contribution < -0.4 is 14.8 Å². The van der Waals surface area contributed by atoms with E-state index in [0.717, 1.165) is 12.0 Å². The SMILES string of the molecule is CCc1ccc(C(=O)COC(=O)c2cc(OC)c(OC)cc2NC(=O)c2ccco2)cc1. The summed E-state index contributed by atoms with van der Waals surface area (Å²) in [5.74, 6) is -1.10. The molecule has 1 N–H and O–H groups in total. The standard InChI is InChI=1S/C24H23NO7/c1-4-15-7-9-16(10-8-15)19(26)14-32-24(28)17-12-21(29-2)22(30-3)13-18(17)25-23(27)20-6-5-11-31-20/h5-13H,4,14H2,1-3H3,(H,25,27). The van der Waals surface area contributed by atoms with Gasteiger partial charge in [-0.05, 0) is 24.1 Å². The second kappa shape index (κ2) is 10.3. The maximum Gasteiger partial charge on any atom is 0.340 e. The van der Waals surface area contributed by atoms with Crippen molar-refractivity contribution in [1.82, 2.24) is 0 Å². The molecule has 0 unspecified atom stereocenters. The average Bonchev–Trinajstić information content (AvgIpc) is 3.37. The van der Waals surface area contributed by atoms with Crippen molar-refractivity contribution in [1.29, 1.82) is 0 Å². The van der Waals surface area contributed by atoms with Crippen molar-refractivity contribution < 1.29 is 33.0 Å². The van der Waals surface area contributed by atoms with Crippen molar-refractivity contribution in [3.8, 4) is 11.5 Å². The lowest BCUT2D eigenvalue weighted by Gasteiger charge is -2.15. The van der Waals surface area contributed by atoms with Gasteiger partial charge < -0.3 is 23.9 Å². The molecule has 0 atom stereocenters. The van der Waals surface area contributed by atoms with Crippen LogP contribution in [-0.2, 0) is 11.2 Å². The summed E-state index contributed by atoms with van der Waals surface area (Å²) in [5.41, 5.74) is 1.65. The number of carbonyl (C=O) groups excluding carboxylic acids is 3. The van der Waals surface area contributed by atoms with Crippen molar-refractivity contribution in [3.05, 3.63) is 77.2 Å². The molecule has 0 saturated carbocycles. The Morgan fingerprint density at radius 2 is 1.66 bits per heavy atom. The first-order valence-corrected chi connectivity index (χ1v) is 9.87. The van der Waals surface area contributed by atoms with Crippen LogP contribution in [0.1, 0.15) is 43.8 Å². The first-order chi connectivity index (χ1) is 15.5. The van der Waals surface area contributed by atoms with E-state index in [0.29, 0.717) is 11.3 Å². The molecule has 32 heavy (non-hydrogen) atoms. The Hall–Kier alpha value is -4.07. The molecule has 166 valence electrons. The van der Waals surface area contributed by atoms with Crippen LogP contribution in [-0.4, -0.2) is 38.5 Å². The molecule has 8 heteroatoms. The number of Topliss-reactive ketones (excluding diaryl/α,β-unsaturated/α-hetero) is 1. The average molecular weight is 437 g/mol. The van der Waals surface area contributed by atoms with Crippen molar-refractivity contribution in [2.45, 2.75) is 13.3 Å². The van der Waals surface area contributed by atoms with Crippen LogP contribution >= 0.6 is 0 Å². The first kappa shape index (κ1) is 22.6. The quantitative estimate of drug-likeness (QED) is 0.396. The predicted octanol–water partition coefficient (Wildman–Crippen LogP) is 4.15. The highest BCUT2D eigenvalue weighted by molar-refractivity contribution is 6.07. The number of anilines is 1. The molecule has 0 saturated heterocycles. The number of hydrogen-bond acceptors (Lipinski definition) is 7. The number of esters is 1. The van der Waals surface area contributed by atoms with E-state index in [2.05, 4.69) is 5.32 Å². The fourth-order valence-electron chi connectivity index (χ4n) is 2.96. The maximum atomic E-state index is 12.8. The Morgan fingerprint density at radius 3 is 2.25 bits per heavy atom. The van der Waals surface area contributed by atoms with Crippen molar-refractivity contribution in [3.63, 3.8) is 0 Å². The van der Waals surface area contributed by atoms with Crippen molar-refractivity contribution >= 4 is 23.3 Å². The van der Waals surface area contributed by atoms with E-state index in [1.807, 2.05) is 19.1 Å². The topological polar surface area (TPSA) is 104 Å². The van der Waals surface area contributed by atoms with E-state index in [-0.39, 0.29) is 28.5 Å². The van der Waals surface area contributed by atoms with Gasteiger partial charge in [-0.25, -0.2) is 4.79 Å². The van der Waals surface area contributed by atoms with Crippen LogP contribution in [0, 0.1) is 0 Å². The third kappa shape index (κ3) is 5.15. The van der Waals surface area contributed by atoms with E-state index in [9.17, 15) is 14.4 Å². The summed E-state index contributed by atoms with van der Waals surface area (Å²) < 4.78 is 20.8. The Labute approximate surface area is 185 Å². The molecule has 0 aliphatic rings. The highest BCUT2D eigenvalue weighted by atomic mass is 16.5. The highest BCUT2D eigenvalue weighted by Crippen LogP contribution is 2.34. The minimum absolute atomic E-state index is 0.00307. The first-order valence-electron chi connectivity index (χ1n) is 9.87. The van der Waals surface area contributed by atoms with Gasteiger partial charge in [0.15, 0.2) is 29.6 Å². The van der Waals surface area contributed by atoms with E-state index in [1.165, 1.54) is 38.7 Å². The van der Waals surface area contributed by atoms with Gasteiger partial charge in [0.2, 0.25) is 0 Å². The van der Waals surface area contributed by atoms with Crippen molar-refractivity contribution in [2.75, 3.05) is 26.1 Å². The number of hydrogen-bond donors (Lipinski definition) is 1. The van der Waals surface area contributed by atoms with Crippen molar-refractivity contribution in [2.24, 2.45) is 0 Å². The van der Waals surface area contributed by atoms with Gasteiger partial charge in [0.1, 0.15) is 0 Å². The zero-order valence-electron chi connectivity index (χ0n) is 18.0. The number of carbonyl (C=O) groups is 3. The summed E-state index contributed by atoms with van der Waals surface area (Å²) in [6.07, 6.45) is 2.21. The molecular weight excluding hydrogens is 414 g/mol. The fraction of sp³-hybridized carbons (Fsp3) is 0.208. The van der Waals surface area contributed by atoms with Gasteiger partial charge in [0, 0.05) is 17.7 Å². The van der Waals surface area contributed by atoms with Gasteiger partial charge in [-0.2, -0.15) is 0 Å². The lowest BCUT2D eigenvalue weighted by Crippen LogP contribution is -2.18. The van der Waals surface area contributed by atoms with Crippen LogP contribution in [0.5, 0.6) is 11.5 Å². The number of benzene rings is 2. The lowest BCUT2D eigenvalue weighted by atomic mass is 10.1.